The molecule has 1 aromatic heterocycles. The number of hydrogen-bond acceptors (Lipinski definition) is 3. The average molecular weight is 348 g/mol. The topological polar surface area (TPSA) is 45.5 Å². The summed E-state index contributed by atoms with van der Waals surface area (Å²) in [6.07, 6.45) is 3.95. The molecule has 2 aromatic carbocycles. The fourth-order valence-corrected chi connectivity index (χ4v) is 3.64. The summed E-state index contributed by atoms with van der Waals surface area (Å²) in [5.41, 5.74) is 0.735. The normalized spacial score (nSPS) is 16.0. The Kier molecular flexibility index (Phi) is 5.02. The molecule has 0 spiro atoms. The van der Waals surface area contributed by atoms with Crippen molar-refractivity contribution in [3.05, 3.63) is 72.2 Å². The molecule has 0 unspecified atom stereocenters. The minimum atomic E-state index is 0.0220. The van der Waals surface area contributed by atoms with Gasteiger partial charge in [0.2, 0.25) is 0 Å². The van der Waals surface area contributed by atoms with E-state index in [0.717, 1.165) is 61.1 Å². The van der Waals surface area contributed by atoms with Crippen molar-refractivity contribution in [2.75, 3.05) is 19.6 Å². The molecular formula is C22H24N2O2. The van der Waals surface area contributed by atoms with Gasteiger partial charge in [-0.3, -0.25) is 9.69 Å². The summed E-state index contributed by atoms with van der Waals surface area (Å²) in [6, 6.07) is 18.0. The molecule has 3 aromatic rings. The van der Waals surface area contributed by atoms with Gasteiger partial charge in [-0.05, 0) is 66.9 Å². The quantitative estimate of drug-likeness (QED) is 0.756. The molecule has 1 amide bonds. The van der Waals surface area contributed by atoms with Crippen LogP contribution in [0.3, 0.4) is 0 Å². The van der Waals surface area contributed by atoms with Crippen LogP contribution < -0.4 is 5.32 Å². The number of carbonyl (C=O) groups is 1. The summed E-state index contributed by atoms with van der Waals surface area (Å²) in [4.78, 5) is 14.9. The number of carbonyl (C=O) groups excluding carboxylic acids is 1. The van der Waals surface area contributed by atoms with Gasteiger partial charge in [-0.1, -0.05) is 30.3 Å². The molecule has 4 heteroatoms. The lowest BCUT2D eigenvalue weighted by Gasteiger charge is -2.31. The molecule has 1 fully saturated rings. The van der Waals surface area contributed by atoms with E-state index < -0.39 is 0 Å². The smallest absolute Gasteiger partial charge is 0.251 e. The monoisotopic (exact) mass is 348 g/mol. The number of nitrogens with zero attached hydrogens (tertiary/aromatic N) is 1. The zero-order valence-corrected chi connectivity index (χ0v) is 14.9. The zero-order valence-electron chi connectivity index (χ0n) is 14.9. The van der Waals surface area contributed by atoms with Gasteiger partial charge in [0, 0.05) is 12.1 Å². The second-order valence-electron chi connectivity index (χ2n) is 7.07. The molecule has 1 N–H and O–H groups in total. The van der Waals surface area contributed by atoms with E-state index in [2.05, 4.69) is 16.3 Å². The van der Waals surface area contributed by atoms with E-state index in [1.807, 2.05) is 48.5 Å². The van der Waals surface area contributed by atoms with Gasteiger partial charge >= 0.3 is 0 Å². The van der Waals surface area contributed by atoms with Crippen LogP contribution in [0.1, 0.15) is 29.0 Å². The molecule has 0 atom stereocenters. The third-order valence-corrected chi connectivity index (χ3v) is 5.23. The highest BCUT2D eigenvalue weighted by atomic mass is 16.3. The highest BCUT2D eigenvalue weighted by Crippen LogP contribution is 2.19. The molecule has 1 aliphatic heterocycles. The Balaban J connectivity index is 1.26. The Hall–Kier alpha value is -2.59. The summed E-state index contributed by atoms with van der Waals surface area (Å²) >= 11 is 0. The van der Waals surface area contributed by atoms with Gasteiger partial charge in [0.15, 0.2) is 0 Å². The second-order valence-corrected chi connectivity index (χ2v) is 7.07. The van der Waals surface area contributed by atoms with Crippen molar-refractivity contribution in [3.8, 4) is 0 Å². The molecule has 1 saturated heterocycles. The summed E-state index contributed by atoms with van der Waals surface area (Å²) in [5, 5.41) is 5.38. The molecule has 134 valence electrons. The number of amides is 1. The molecule has 4 nitrogen and oxygen atoms in total. The van der Waals surface area contributed by atoms with Crippen molar-refractivity contribution in [2.45, 2.75) is 19.4 Å². The van der Waals surface area contributed by atoms with E-state index in [4.69, 9.17) is 4.42 Å². The van der Waals surface area contributed by atoms with E-state index >= 15 is 0 Å². The minimum Gasteiger partial charge on any atom is -0.468 e. The molecule has 0 bridgehead atoms. The van der Waals surface area contributed by atoms with Crippen LogP contribution >= 0.6 is 0 Å². The molecule has 26 heavy (non-hydrogen) atoms. The first-order valence-corrected chi connectivity index (χ1v) is 9.30. The van der Waals surface area contributed by atoms with Crippen LogP contribution in [0.15, 0.2) is 65.3 Å². The minimum absolute atomic E-state index is 0.0220. The maximum absolute atomic E-state index is 12.5. The first kappa shape index (κ1) is 16.9. The molecule has 4 rings (SSSR count). The van der Waals surface area contributed by atoms with Crippen molar-refractivity contribution in [2.24, 2.45) is 5.92 Å². The second kappa shape index (κ2) is 7.75. The van der Waals surface area contributed by atoms with Gasteiger partial charge in [-0.2, -0.15) is 0 Å². The van der Waals surface area contributed by atoms with Crippen LogP contribution in [0, 0.1) is 5.92 Å². The number of rotatable bonds is 5. The lowest BCUT2D eigenvalue weighted by Crippen LogP contribution is -2.38. The maximum atomic E-state index is 12.5. The number of piperidine rings is 1. The van der Waals surface area contributed by atoms with Gasteiger partial charge in [-0.15, -0.1) is 0 Å². The van der Waals surface area contributed by atoms with E-state index in [1.54, 1.807) is 6.26 Å². The van der Waals surface area contributed by atoms with E-state index in [1.165, 1.54) is 0 Å². The van der Waals surface area contributed by atoms with Crippen molar-refractivity contribution in [1.29, 1.82) is 0 Å². The SMILES string of the molecule is O=C(NCC1CCN(Cc2ccco2)CC1)c1ccc2ccccc2c1. The van der Waals surface area contributed by atoms with E-state index in [0.29, 0.717) is 5.92 Å². The highest BCUT2D eigenvalue weighted by molar-refractivity contribution is 5.98. The summed E-state index contributed by atoms with van der Waals surface area (Å²) in [5.74, 6) is 1.59. The Morgan fingerprint density at radius 1 is 1.04 bits per heavy atom. The van der Waals surface area contributed by atoms with Gasteiger partial charge in [0.1, 0.15) is 5.76 Å². The predicted octanol–water partition coefficient (Wildman–Crippen LogP) is 4.07. The number of hydrogen-bond donors (Lipinski definition) is 1. The third-order valence-electron chi connectivity index (χ3n) is 5.23. The molecule has 0 aliphatic carbocycles. The first-order valence-electron chi connectivity index (χ1n) is 9.30. The Bertz CT molecular complexity index is 865. The largest absolute Gasteiger partial charge is 0.468 e. The van der Waals surface area contributed by atoms with Gasteiger partial charge < -0.3 is 9.73 Å². The number of furan rings is 1. The Morgan fingerprint density at radius 3 is 2.62 bits per heavy atom. The predicted molar refractivity (Wildman–Crippen MR) is 103 cm³/mol. The molecule has 0 saturated carbocycles. The number of nitrogens with one attached hydrogen (secondary N) is 1. The van der Waals surface area contributed by atoms with Crippen LogP contribution in [0.4, 0.5) is 0 Å². The highest BCUT2D eigenvalue weighted by Gasteiger charge is 2.20. The Morgan fingerprint density at radius 2 is 1.85 bits per heavy atom. The van der Waals surface area contributed by atoms with Crippen molar-refractivity contribution in [3.63, 3.8) is 0 Å². The fraction of sp³-hybridized carbons (Fsp3) is 0.318. The first-order chi connectivity index (χ1) is 12.8. The summed E-state index contributed by atoms with van der Waals surface area (Å²) < 4.78 is 5.42. The summed E-state index contributed by atoms with van der Waals surface area (Å²) in [7, 11) is 0. The third kappa shape index (κ3) is 3.97. The average Bonchev–Trinajstić information content (AvgIpc) is 3.20. The van der Waals surface area contributed by atoms with Gasteiger partial charge in [0.25, 0.3) is 5.91 Å². The van der Waals surface area contributed by atoms with Crippen LogP contribution in [0.2, 0.25) is 0 Å². The lowest BCUT2D eigenvalue weighted by molar-refractivity contribution is 0.0934. The Labute approximate surface area is 153 Å². The van der Waals surface area contributed by atoms with Crippen molar-refractivity contribution < 1.29 is 9.21 Å². The van der Waals surface area contributed by atoms with Crippen LogP contribution in [-0.4, -0.2) is 30.4 Å². The number of fused-ring (bicyclic) bond motifs is 1. The molecule has 1 aliphatic rings. The fourth-order valence-electron chi connectivity index (χ4n) is 3.64. The van der Waals surface area contributed by atoms with Crippen molar-refractivity contribution >= 4 is 16.7 Å². The van der Waals surface area contributed by atoms with Crippen molar-refractivity contribution in [1.82, 2.24) is 10.2 Å². The summed E-state index contributed by atoms with van der Waals surface area (Å²) in [6.45, 7) is 3.73. The van der Waals surface area contributed by atoms with Crippen LogP contribution in [-0.2, 0) is 6.54 Å². The van der Waals surface area contributed by atoms with Gasteiger partial charge in [-0.25, -0.2) is 0 Å². The van der Waals surface area contributed by atoms with E-state index in [-0.39, 0.29) is 5.91 Å². The van der Waals surface area contributed by atoms with Crippen LogP contribution in [0.25, 0.3) is 10.8 Å². The molecule has 2 heterocycles. The zero-order chi connectivity index (χ0) is 17.8. The number of benzene rings is 2. The molecular weight excluding hydrogens is 324 g/mol. The molecule has 0 radical (unpaired) electrons. The standard InChI is InChI=1S/C22H24N2O2/c25-22(20-8-7-18-4-1-2-5-19(18)14-20)23-15-17-9-11-24(12-10-17)16-21-6-3-13-26-21/h1-8,13-14,17H,9-12,15-16H2,(H,23,25). The number of likely N-dealkylation sites (tertiary alicyclic amines) is 1. The lowest BCUT2D eigenvalue weighted by atomic mass is 9.96. The van der Waals surface area contributed by atoms with E-state index in [9.17, 15) is 4.79 Å². The van der Waals surface area contributed by atoms with Gasteiger partial charge in [0.05, 0.1) is 12.8 Å². The van der Waals surface area contributed by atoms with Crippen LogP contribution in [0.5, 0.6) is 0 Å². The maximum Gasteiger partial charge on any atom is 0.251 e.